The second-order valence-corrected chi connectivity index (χ2v) is 20.5. The highest BCUT2D eigenvalue weighted by Gasteiger charge is 2.37. The van der Waals surface area contributed by atoms with E-state index in [1.165, 1.54) is 19.2 Å². The van der Waals surface area contributed by atoms with Gasteiger partial charge in [0, 0.05) is 11.1 Å². The van der Waals surface area contributed by atoms with Crippen LogP contribution in [0.2, 0.25) is 18.1 Å². The number of hydrogen-bond donors (Lipinski definition) is 3. The summed E-state index contributed by atoms with van der Waals surface area (Å²) in [7, 11) is 1.11. The number of ether oxygens (including phenoxy) is 2. The van der Waals surface area contributed by atoms with Gasteiger partial charge >= 0.3 is 0 Å². The minimum atomic E-state index is -1.95. The summed E-state index contributed by atoms with van der Waals surface area (Å²) in [6, 6.07) is 19.9. The fraction of sp³-hybridized carbons (Fsp3) is 0.333. The molecule has 3 N–H and O–H groups in total. The summed E-state index contributed by atoms with van der Waals surface area (Å²) in [4.78, 5) is 0. The van der Waals surface area contributed by atoms with Gasteiger partial charge in [-0.3, -0.25) is 0 Å². The van der Waals surface area contributed by atoms with Crippen molar-refractivity contribution in [1.82, 2.24) is 0 Å². The zero-order valence-corrected chi connectivity index (χ0v) is 35.6. The first-order valence-electron chi connectivity index (χ1n) is 18.9. The first kappa shape index (κ1) is 46.7. The summed E-state index contributed by atoms with van der Waals surface area (Å²) < 4.78 is 46.3. The quantitative estimate of drug-likeness (QED) is 0.0686. The summed E-state index contributed by atoms with van der Waals surface area (Å²) in [5, 5.41) is 32.3. The van der Waals surface area contributed by atoms with Crippen LogP contribution in [-0.2, 0) is 28.8 Å². The van der Waals surface area contributed by atoms with Crippen molar-refractivity contribution < 1.29 is 38.0 Å². The monoisotopic (exact) mass is 798 g/mol. The average Bonchev–Trinajstić information content (AvgIpc) is 3.17. The highest BCUT2D eigenvalue weighted by molar-refractivity contribution is 6.74. The third-order valence-electron chi connectivity index (χ3n) is 10.6. The molecule has 9 heteroatoms. The summed E-state index contributed by atoms with van der Waals surface area (Å²) >= 11 is 0. The SMILES string of the molecule is C=CCC(O)(CC=C)c1cc(CO)ccc1-c1cc(OC)ccc1F.C=CCC(O)(CC=C)c1cc(CO[Si](C)(C)C(C)(C)C)ccc1-c1cc(OC)ccc1F. The van der Waals surface area contributed by atoms with E-state index in [4.69, 9.17) is 13.9 Å². The van der Waals surface area contributed by atoms with Crippen LogP contribution in [0.4, 0.5) is 8.78 Å². The maximum Gasteiger partial charge on any atom is 0.192 e. The van der Waals surface area contributed by atoms with Gasteiger partial charge in [-0.1, -0.05) is 75.4 Å². The highest BCUT2D eigenvalue weighted by Crippen LogP contribution is 2.42. The zero-order chi connectivity index (χ0) is 42.6. The van der Waals surface area contributed by atoms with Crippen molar-refractivity contribution in [2.45, 2.75) is 89.0 Å². The molecule has 306 valence electrons. The van der Waals surface area contributed by atoms with Gasteiger partial charge in [0.15, 0.2) is 8.32 Å². The Morgan fingerprint density at radius 2 is 0.982 bits per heavy atom. The molecule has 0 spiro atoms. The maximum atomic E-state index is 14.9. The second kappa shape index (κ2) is 20.2. The molecule has 0 saturated heterocycles. The number of aliphatic hydroxyl groups excluding tert-OH is 1. The molecule has 0 heterocycles. The largest absolute Gasteiger partial charge is 0.497 e. The molecule has 4 aromatic carbocycles. The van der Waals surface area contributed by atoms with E-state index in [1.54, 1.807) is 73.9 Å². The van der Waals surface area contributed by atoms with Crippen LogP contribution < -0.4 is 9.47 Å². The van der Waals surface area contributed by atoms with Crippen LogP contribution in [0.15, 0.2) is 123 Å². The summed E-state index contributed by atoms with van der Waals surface area (Å²) in [6.07, 6.45) is 7.73. The van der Waals surface area contributed by atoms with Crippen molar-refractivity contribution >= 4 is 8.32 Å². The Balaban J connectivity index is 0.000000315. The predicted molar refractivity (Wildman–Crippen MR) is 232 cm³/mol. The van der Waals surface area contributed by atoms with Gasteiger partial charge in [-0.05, 0) is 120 Å². The third-order valence-corrected chi connectivity index (χ3v) is 15.1. The molecule has 4 aromatic rings. The summed E-state index contributed by atoms with van der Waals surface area (Å²) in [6.45, 7) is 26.3. The molecule has 0 saturated carbocycles. The molecule has 0 aliphatic rings. The Morgan fingerprint density at radius 3 is 1.33 bits per heavy atom. The molecule has 0 fully saturated rings. The minimum absolute atomic E-state index is 0.0892. The minimum Gasteiger partial charge on any atom is -0.497 e. The lowest BCUT2D eigenvalue weighted by Gasteiger charge is -2.36. The van der Waals surface area contributed by atoms with Gasteiger partial charge in [0.2, 0.25) is 0 Å². The third kappa shape index (κ3) is 11.5. The van der Waals surface area contributed by atoms with E-state index in [0.29, 0.717) is 69.9 Å². The zero-order valence-electron chi connectivity index (χ0n) is 34.6. The van der Waals surface area contributed by atoms with Crippen LogP contribution in [-0.4, -0.2) is 37.9 Å². The fourth-order valence-electron chi connectivity index (χ4n) is 6.33. The number of rotatable bonds is 18. The topological polar surface area (TPSA) is 88.4 Å². The van der Waals surface area contributed by atoms with Gasteiger partial charge in [-0.2, -0.15) is 0 Å². The van der Waals surface area contributed by atoms with Gasteiger partial charge in [-0.25, -0.2) is 8.78 Å². The van der Waals surface area contributed by atoms with Crippen molar-refractivity contribution in [2.75, 3.05) is 14.2 Å². The molecular weight excluding hydrogens is 739 g/mol. The molecule has 0 amide bonds. The smallest absolute Gasteiger partial charge is 0.192 e. The molecule has 0 unspecified atom stereocenters. The molecule has 0 radical (unpaired) electrons. The fourth-order valence-corrected chi connectivity index (χ4v) is 7.29. The van der Waals surface area contributed by atoms with Crippen LogP contribution in [0, 0.1) is 11.6 Å². The molecular formula is C48H60F2O6Si. The lowest BCUT2D eigenvalue weighted by atomic mass is 9.81. The number of benzene rings is 4. The van der Waals surface area contributed by atoms with Crippen LogP contribution in [0.25, 0.3) is 22.3 Å². The van der Waals surface area contributed by atoms with Gasteiger partial charge in [0.25, 0.3) is 0 Å². The van der Waals surface area contributed by atoms with E-state index < -0.39 is 25.3 Å². The Hall–Kier alpha value is -4.64. The summed E-state index contributed by atoms with van der Waals surface area (Å²) in [5.41, 5.74) is 2.02. The predicted octanol–water partition coefficient (Wildman–Crippen LogP) is 11.7. The van der Waals surface area contributed by atoms with Crippen LogP contribution in [0.1, 0.15) is 68.7 Å². The van der Waals surface area contributed by atoms with Crippen LogP contribution in [0.3, 0.4) is 0 Å². The molecule has 6 nitrogen and oxygen atoms in total. The molecule has 57 heavy (non-hydrogen) atoms. The number of methoxy groups -OCH3 is 2. The molecule has 4 rings (SSSR count). The molecule has 0 aromatic heterocycles. The average molecular weight is 799 g/mol. The second-order valence-electron chi connectivity index (χ2n) is 15.7. The van der Waals surface area contributed by atoms with Gasteiger partial charge in [-0.15, -0.1) is 26.3 Å². The number of hydrogen-bond acceptors (Lipinski definition) is 6. The van der Waals surface area contributed by atoms with Crippen LogP contribution in [0.5, 0.6) is 11.5 Å². The van der Waals surface area contributed by atoms with E-state index in [0.717, 1.165) is 5.56 Å². The lowest BCUT2D eigenvalue weighted by molar-refractivity contribution is 0.0429. The van der Waals surface area contributed by atoms with Gasteiger partial charge in [0.1, 0.15) is 23.1 Å². The van der Waals surface area contributed by atoms with Crippen molar-refractivity contribution in [3.05, 3.63) is 157 Å². The van der Waals surface area contributed by atoms with Gasteiger partial charge in [0.05, 0.1) is 38.6 Å². The van der Waals surface area contributed by atoms with Crippen molar-refractivity contribution in [3.63, 3.8) is 0 Å². The molecule has 0 aliphatic heterocycles. The normalized spacial score (nSPS) is 11.9. The lowest BCUT2D eigenvalue weighted by Crippen LogP contribution is -2.40. The molecule has 0 aliphatic carbocycles. The van der Waals surface area contributed by atoms with E-state index in [-0.39, 0.29) is 30.3 Å². The Labute approximate surface area is 339 Å². The van der Waals surface area contributed by atoms with Gasteiger partial charge < -0.3 is 29.2 Å². The van der Waals surface area contributed by atoms with Crippen molar-refractivity contribution in [3.8, 4) is 33.8 Å². The first-order chi connectivity index (χ1) is 26.9. The maximum absolute atomic E-state index is 14.9. The molecule has 0 atom stereocenters. The van der Waals surface area contributed by atoms with Crippen molar-refractivity contribution in [1.29, 1.82) is 0 Å². The standard InChI is InChI=1S/C27H37FO3Si.C21H23FO3/c1-9-15-27(29,16-10-2)24-17-20(19-31-32(7,8)26(3,4)5)11-13-22(24)23-18-21(30-6)12-14-25(23)28;1-4-10-21(24,11-5-2)19-12-15(14-23)6-8-17(19)18-13-16(25-3)7-9-20(18)22/h9-14,17-18,29H,1-2,15-16,19H2,3-8H3;4-9,12-13,23-24H,1-2,10-11,14H2,3H3. The van der Waals surface area contributed by atoms with E-state index in [1.807, 2.05) is 18.2 Å². The van der Waals surface area contributed by atoms with E-state index in [2.05, 4.69) is 60.2 Å². The first-order valence-corrected chi connectivity index (χ1v) is 21.9. The van der Waals surface area contributed by atoms with Crippen molar-refractivity contribution in [2.24, 2.45) is 0 Å². The number of aliphatic hydroxyl groups is 3. The Morgan fingerprint density at radius 1 is 0.596 bits per heavy atom. The highest BCUT2D eigenvalue weighted by atomic mass is 28.4. The van der Waals surface area contributed by atoms with E-state index >= 15 is 0 Å². The van der Waals surface area contributed by atoms with E-state index in [9.17, 15) is 24.1 Å². The molecule has 0 bridgehead atoms. The number of halogens is 2. The Bertz CT molecular complexity index is 1990. The summed E-state index contributed by atoms with van der Waals surface area (Å²) in [5.74, 6) is 0.272. The van der Waals surface area contributed by atoms with Crippen LogP contribution >= 0.6 is 0 Å². The Kier molecular flexibility index (Phi) is 16.5.